The number of nitrogens with zero attached hydrogens (tertiary/aromatic N) is 2. The van der Waals surface area contributed by atoms with E-state index in [2.05, 4.69) is 18.9 Å². The summed E-state index contributed by atoms with van der Waals surface area (Å²) in [7, 11) is 0. The summed E-state index contributed by atoms with van der Waals surface area (Å²) in [4.78, 5) is 0. The van der Waals surface area contributed by atoms with Gasteiger partial charge in [0, 0.05) is 22.6 Å². The molecule has 1 aromatic carbocycles. The Morgan fingerprint density at radius 1 is 1.38 bits per heavy atom. The molecule has 0 aliphatic carbocycles. The Kier molecular flexibility index (Phi) is 2.00. The van der Waals surface area contributed by atoms with E-state index in [0.717, 1.165) is 15.9 Å². The summed E-state index contributed by atoms with van der Waals surface area (Å²) in [6.07, 6.45) is 2.04. The SMILES string of the molecule is CC(C)n1cc2ccc(Cl)cc2n1. The molecular formula is C10H11ClN2. The lowest BCUT2D eigenvalue weighted by Gasteiger charge is -2.02. The third kappa shape index (κ3) is 1.54. The van der Waals surface area contributed by atoms with E-state index >= 15 is 0 Å². The van der Waals surface area contributed by atoms with Gasteiger partial charge in [0.05, 0.1) is 5.52 Å². The predicted molar refractivity (Wildman–Crippen MR) is 55.1 cm³/mol. The highest BCUT2D eigenvalue weighted by atomic mass is 35.5. The first-order valence-electron chi connectivity index (χ1n) is 4.31. The predicted octanol–water partition coefficient (Wildman–Crippen LogP) is 3.27. The van der Waals surface area contributed by atoms with E-state index in [1.165, 1.54) is 0 Å². The van der Waals surface area contributed by atoms with Crippen LogP contribution in [0, 0.1) is 0 Å². The Morgan fingerprint density at radius 2 is 2.15 bits per heavy atom. The number of halogens is 1. The molecule has 2 rings (SSSR count). The van der Waals surface area contributed by atoms with Crippen molar-refractivity contribution in [3.05, 3.63) is 29.4 Å². The molecule has 1 heterocycles. The van der Waals surface area contributed by atoms with Crippen LogP contribution in [0.4, 0.5) is 0 Å². The third-order valence-corrected chi connectivity index (χ3v) is 2.25. The fourth-order valence-corrected chi connectivity index (χ4v) is 1.44. The molecule has 0 radical (unpaired) electrons. The summed E-state index contributed by atoms with van der Waals surface area (Å²) in [5.74, 6) is 0. The van der Waals surface area contributed by atoms with E-state index in [9.17, 15) is 0 Å². The minimum Gasteiger partial charge on any atom is -0.269 e. The first-order chi connectivity index (χ1) is 6.16. The van der Waals surface area contributed by atoms with Crippen LogP contribution in [0.15, 0.2) is 24.4 Å². The van der Waals surface area contributed by atoms with Gasteiger partial charge in [-0.25, -0.2) is 0 Å². The van der Waals surface area contributed by atoms with Crippen LogP contribution in [-0.4, -0.2) is 9.78 Å². The Hall–Kier alpha value is -1.02. The molecule has 0 amide bonds. The highest BCUT2D eigenvalue weighted by Crippen LogP contribution is 2.19. The molecule has 0 unspecified atom stereocenters. The second-order valence-corrected chi connectivity index (χ2v) is 3.84. The molecule has 0 aliphatic rings. The van der Waals surface area contributed by atoms with Gasteiger partial charge in [-0.2, -0.15) is 5.10 Å². The molecule has 1 aromatic heterocycles. The number of benzene rings is 1. The molecule has 0 atom stereocenters. The van der Waals surface area contributed by atoms with Crippen molar-refractivity contribution in [3.8, 4) is 0 Å². The van der Waals surface area contributed by atoms with Crippen LogP contribution >= 0.6 is 11.6 Å². The Balaban J connectivity index is 2.62. The molecule has 0 N–H and O–H groups in total. The summed E-state index contributed by atoms with van der Waals surface area (Å²) in [6, 6.07) is 6.15. The van der Waals surface area contributed by atoms with E-state index in [0.29, 0.717) is 6.04 Å². The maximum Gasteiger partial charge on any atom is 0.0938 e. The number of aromatic nitrogens is 2. The molecule has 0 fully saturated rings. The maximum atomic E-state index is 5.86. The van der Waals surface area contributed by atoms with E-state index in [1.54, 1.807) is 0 Å². The summed E-state index contributed by atoms with van der Waals surface area (Å²) in [5.41, 5.74) is 0.959. The first-order valence-corrected chi connectivity index (χ1v) is 4.69. The van der Waals surface area contributed by atoms with Crippen molar-refractivity contribution in [2.75, 3.05) is 0 Å². The highest BCUT2D eigenvalue weighted by Gasteiger charge is 2.02. The lowest BCUT2D eigenvalue weighted by Crippen LogP contribution is -1.99. The van der Waals surface area contributed by atoms with Gasteiger partial charge in [-0.05, 0) is 32.0 Å². The van der Waals surface area contributed by atoms with Crippen molar-refractivity contribution in [3.63, 3.8) is 0 Å². The second-order valence-electron chi connectivity index (χ2n) is 3.41. The molecule has 0 saturated carbocycles. The van der Waals surface area contributed by atoms with Gasteiger partial charge in [-0.15, -0.1) is 0 Å². The fourth-order valence-electron chi connectivity index (χ4n) is 1.27. The zero-order valence-corrected chi connectivity index (χ0v) is 8.42. The standard InChI is InChI=1S/C10H11ClN2/c1-7(2)13-6-8-3-4-9(11)5-10(8)12-13/h3-7H,1-2H3. The van der Waals surface area contributed by atoms with Crippen molar-refractivity contribution in [2.24, 2.45) is 0 Å². The molecule has 13 heavy (non-hydrogen) atoms. The molecule has 0 spiro atoms. The summed E-state index contributed by atoms with van der Waals surface area (Å²) in [5, 5.41) is 6.28. The number of fused-ring (bicyclic) bond motifs is 1. The molecule has 0 aliphatic heterocycles. The van der Waals surface area contributed by atoms with Crippen LogP contribution in [0.25, 0.3) is 10.9 Å². The number of hydrogen-bond donors (Lipinski definition) is 0. The van der Waals surface area contributed by atoms with Gasteiger partial charge < -0.3 is 0 Å². The minimum atomic E-state index is 0.395. The molecule has 0 bridgehead atoms. The fraction of sp³-hybridized carbons (Fsp3) is 0.300. The lowest BCUT2D eigenvalue weighted by molar-refractivity contribution is 0.537. The van der Waals surface area contributed by atoms with Crippen molar-refractivity contribution in [1.82, 2.24) is 9.78 Å². The average molecular weight is 195 g/mol. The zero-order chi connectivity index (χ0) is 9.42. The zero-order valence-electron chi connectivity index (χ0n) is 7.66. The van der Waals surface area contributed by atoms with Crippen LogP contribution in [0.2, 0.25) is 5.02 Å². The molecule has 3 heteroatoms. The lowest BCUT2D eigenvalue weighted by atomic mass is 10.3. The van der Waals surface area contributed by atoms with Gasteiger partial charge in [-0.1, -0.05) is 11.6 Å². The maximum absolute atomic E-state index is 5.86. The Bertz CT molecular complexity index is 431. The van der Waals surface area contributed by atoms with E-state index in [-0.39, 0.29) is 0 Å². The van der Waals surface area contributed by atoms with Gasteiger partial charge in [0.25, 0.3) is 0 Å². The second kappa shape index (κ2) is 3.04. The largest absolute Gasteiger partial charge is 0.269 e. The smallest absolute Gasteiger partial charge is 0.0938 e. The quantitative estimate of drug-likeness (QED) is 0.682. The van der Waals surface area contributed by atoms with Gasteiger partial charge >= 0.3 is 0 Å². The summed E-state index contributed by atoms with van der Waals surface area (Å²) >= 11 is 5.86. The van der Waals surface area contributed by atoms with Crippen LogP contribution in [0.3, 0.4) is 0 Å². The average Bonchev–Trinajstić information content (AvgIpc) is 2.46. The van der Waals surface area contributed by atoms with Gasteiger partial charge in [0.2, 0.25) is 0 Å². The normalized spacial score (nSPS) is 11.4. The summed E-state index contributed by atoms with van der Waals surface area (Å²) in [6.45, 7) is 4.21. The Labute approximate surface area is 82.1 Å². The van der Waals surface area contributed by atoms with Crippen molar-refractivity contribution >= 4 is 22.5 Å². The van der Waals surface area contributed by atoms with Gasteiger partial charge in [0.15, 0.2) is 0 Å². The Morgan fingerprint density at radius 3 is 2.85 bits per heavy atom. The first kappa shape index (κ1) is 8.57. The summed E-state index contributed by atoms with van der Waals surface area (Å²) < 4.78 is 1.95. The molecule has 0 saturated heterocycles. The number of hydrogen-bond acceptors (Lipinski definition) is 1. The minimum absolute atomic E-state index is 0.395. The topological polar surface area (TPSA) is 17.8 Å². The van der Waals surface area contributed by atoms with E-state index in [4.69, 9.17) is 11.6 Å². The van der Waals surface area contributed by atoms with Crippen molar-refractivity contribution in [2.45, 2.75) is 19.9 Å². The molecule has 2 nitrogen and oxygen atoms in total. The van der Waals surface area contributed by atoms with Crippen LogP contribution in [0.1, 0.15) is 19.9 Å². The van der Waals surface area contributed by atoms with Crippen LogP contribution in [0.5, 0.6) is 0 Å². The van der Waals surface area contributed by atoms with Crippen LogP contribution < -0.4 is 0 Å². The van der Waals surface area contributed by atoms with E-state index < -0.39 is 0 Å². The van der Waals surface area contributed by atoms with Gasteiger partial charge in [0.1, 0.15) is 0 Å². The van der Waals surface area contributed by atoms with Gasteiger partial charge in [-0.3, -0.25) is 4.68 Å². The number of rotatable bonds is 1. The van der Waals surface area contributed by atoms with E-state index in [1.807, 2.05) is 29.1 Å². The molecule has 2 aromatic rings. The molecule has 68 valence electrons. The van der Waals surface area contributed by atoms with Crippen molar-refractivity contribution in [1.29, 1.82) is 0 Å². The monoisotopic (exact) mass is 194 g/mol. The van der Waals surface area contributed by atoms with Crippen LogP contribution in [-0.2, 0) is 0 Å². The van der Waals surface area contributed by atoms with Crippen molar-refractivity contribution < 1.29 is 0 Å². The highest BCUT2D eigenvalue weighted by molar-refractivity contribution is 6.31. The molecular weight excluding hydrogens is 184 g/mol. The third-order valence-electron chi connectivity index (χ3n) is 2.02.